The monoisotopic (exact) mass is 66.0 g/mol. The SMILES string of the molecule is C1=CC12CC2. The van der Waals surface area contributed by atoms with Crippen LogP contribution < -0.4 is 0 Å². The average molecular weight is 66.1 g/mol. The van der Waals surface area contributed by atoms with Crippen molar-refractivity contribution in [2.45, 2.75) is 12.8 Å². The van der Waals surface area contributed by atoms with E-state index in [1.165, 1.54) is 12.8 Å². The first kappa shape index (κ1) is 2.01. The van der Waals surface area contributed by atoms with Crippen LogP contribution in [0.5, 0.6) is 0 Å². The fourth-order valence-corrected chi connectivity index (χ4v) is 0.596. The Labute approximate surface area is 31.5 Å². The molecule has 1 saturated carbocycles. The topological polar surface area (TPSA) is 0 Å². The molecule has 0 aromatic rings. The zero-order valence-corrected chi connectivity index (χ0v) is 3.07. The highest BCUT2D eigenvalue weighted by Crippen LogP contribution is 2.57. The van der Waals surface area contributed by atoms with Crippen LogP contribution in [-0.4, -0.2) is 0 Å². The molecule has 2 aliphatic carbocycles. The first-order valence-corrected chi connectivity index (χ1v) is 2.12. The van der Waals surface area contributed by atoms with Gasteiger partial charge in [0, 0.05) is 5.41 Å². The molecule has 26 valence electrons. The van der Waals surface area contributed by atoms with E-state index in [4.69, 9.17) is 0 Å². The third-order valence-electron chi connectivity index (χ3n) is 1.47. The lowest BCUT2D eigenvalue weighted by molar-refractivity contribution is 1.01. The lowest BCUT2D eigenvalue weighted by Gasteiger charge is -1.64. The maximum atomic E-state index is 2.30. The minimum absolute atomic E-state index is 0.750. The van der Waals surface area contributed by atoms with Crippen LogP contribution >= 0.6 is 0 Å². The summed E-state index contributed by atoms with van der Waals surface area (Å²) in [7, 11) is 0. The van der Waals surface area contributed by atoms with Crippen molar-refractivity contribution in [2.24, 2.45) is 5.41 Å². The van der Waals surface area contributed by atoms with Gasteiger partial charge in [0.1, 0.15) is 0 Å². The van der Waals surface area contributed by atoms with Gasteiger partial charge in [-0.25, -0.2) is 0 Å². The second-order valence-electron chi connectivity index (χ2n) is 2.07. The largest absolute Gasteiger partial charge is 0.0777 e. The van der Waals surface area contributed by atoms with Gasteiger partial charge in [-0.2, -0.15) is 0 Å². The van der Waals surface area contributed by atoms with E-state index in [0.717, 1.165) is 5.41 Å². The molecular weight excluding hydrogens is 60.1 g/mol. The zero-order valence-electron chi connectivity index (χ0n) is 3.07. The summed E-state index contributed by atoms with van der Waals surface area (Å²) in [5, 5.41) is 0. The van der Waals surface area contributed by atoms with E-state index in [1.807, 2.05) is 0 Å². The molecule has 0 radical (unpaired) electrons. The van der Waals surface area contributed by atoms with Gasteiger partial charge in [-0.1, -0.05) is 12.2 Å². The Balaban J connectivity index is 2.37. The van der Waals surface area contributed by atoms with E-state index in [-0.39, 0.29) is 0 Å². The van der Waals surface area contributed by atoms with Crippen LogP contribution in [0, 0.1) is 5.41 Å². The van der Waals surface area contributed by atoms with E-state index in [0.29, 0.717) is 0 Å². The molecule has 0 aliphatic heterocycles. The molecule has 2 rings (SSSR count). The molecule has 0 amide bonds. The van der Waals surface area contributed by atoms with Crippen LogP contribution in [0.1, 0.15) is 12.8 Å². The molecule has 0 heteroatoms. The summed E-state index contributed by atoms with van der Waals surface area (Å²) in [4.78, 5) is 0. The summed E-state index contributed by atoms with van der Waals surface area (Å²) >= 11 is 0. The lowest BCUT2D eigenvalue weighted by Crippen LogP contribution is -1.56. The van der Waals surface area contributed by atoms with Gasteiger partial charge < -0.3 is 0 Å². The van der Waals surface area contributed by atoms with Crippen molar-refractivity contribution >= 4 is 0 Å². The highest BCUT2D eigenvalue weighted by atomic mass is 14.5. The minimum atomic E-state index is 0.750. The highest BCUT2D eigenvalue weighted by molar-refractivity contribution is 5.33. The van der Waals surface area contributed by atoms with Gasteiger partial charge in [-0.15, -0.1) is 0 Å². The predicted octanol–water partition coefficient (Wildman–Crippen LogP) is 1.34. The fraction of sp³-hybridized carbons (Fsp3) is 0.600. The van der Waals surface area contributed by atoms with Crippen LogP contribution in [0.4, 0.5) is 0 Å². The summed E-state index contributed by atoms with van der Waals surface area (Å²) < 4.78 is 0. The molecule has 0 heterocycles. The predicted molar refractivity (Wildman–Crippen MR) is 20.8 cm³/mol. The van der Waals surface area contributed by atoms with Gasteiger partial charge in [0.2, 0.25) is 0 Å². The molecule has 0 aromatic heterocycles. The smallest absolute Gasteiger partial charge is 0.00624 e. The Bertz CT molecular complexity index is 78.2. The second kappa shape index (κ2) is 0.296. The van der Waals surface area contributed by atoms with E-state index < -0.39 is 0 Å². The summed E-state index contributed by atoms with van der Waals surface area (Å²) in [6, 6.07) is 0. The normalized spacial score (nSPS) is 35.2. The van der Waals surface area contributed by atoms with Crippen LogP contribution in [0.15, 0.2) is 12.2 Å². The Morgan fingerprint density at radius 2 is 1.80 bits per heavy atom. The van der Waals surface area contributed by atoms with Crippen molar-refractivity contribution in [2.75, 3.05) is 0 Å². The summed E-state index contributed by atoms with van der Waals surface area (Å²) in [6.45, 7) is 0. The van der Waals surface area contributed by atoms with E-state index in [2.05, 4.69) is 12.2 Å². The van der Waals surface area contributed by atoms with Crippen LogP contribution in [0.25, 0.3) is 0 Å². The first-order valence-electron chi connectivity index (χ1n) is 2.12. The minimum Gasteiger partial charge on any atom is -0.0777 e. The van der Waals surface area contributed by atoms with Crippen molar-refractivity contribution in [3.63, 3.8) is 0 Å². The molecule has 1 spiro atoms. The number of allylic oxidation sites excluding steroid dienone is 2. The van der Waals surface area contributed by atoms with Gasteiger partial charge in [0.15, 0.2) is 0 Å². The van der Waals surface area contributed by atoms with E-state index >= 15 is 0 Å². The van der Waals surface area contributed by atoms with Crippen molar-refractivity contribution in [1.29, 1.82) is 0 Å². The highest BCUT2D eigenvalue weighted by Gasteiger charge is 2.45. The molecule has 1 fully saturated rings. The Morgan fingerprint density at radius 1 is 1.20 bits per heavy atom. The van der Waals surface area contributed by atoms with Gasteiger partial charge in [-0.05, 0) is 12.8 Å². The molecule has 0 atom stereocenters. The van der Waals surface area contributed by atoms with E-state index in [9.17, 15) is 0 Å². The maximum absolute atomic E-state index is 2.30. The van der Waals surface area contributed by atoms with Gasteiger partial charge >= 0.3 is 0 Å². The number of hydrogen-bond donors (Lipinski definition) is 0. The lowest BCUT2D eigenvalue weighted by atomic mass is 10.4. The summed E-state index contributed by atoms with van der Waals surface area (Å²) in [6.07, 6.45) is 7.50. The molecular formula is C5H6. The van der Waals surface area contributed by atoms with Crippen molar-refractivity contribution in [3.05, 3.63) is 12.2 Å². The van der Waals surface area contributed by atoms with Gasteiger partial charge in [-0.3, -0.25) is 0 Å². The Kier molecular flexibility index (Phi) is 0.119. The zero-order chi connectivity index (χ0) is 3.33. The summed E-state index contributed by atoms with van der Waals surface area (Å²) in [5.74, 6) is 0. The summed E-state index contributed by atoms with van der Waals surface area (Å²) in [5.41, 5.74) is 0.750. The van der Waals surface area contributed by atoms with Crippen molar-refractivity contribution in [1.82, 2.24) is 0 Å². The van der Waals surface area contributed by atoms with Gasteiger partial charge in [0.05, 0.1) is 0 Å². The fourth-order valence-electron chi connectivity index (χ4n) is 0.596. The Hall–Kier alpha value is -0.260. The maximum Gasteiger partial charge on any atom is 0.00624 e. The molecule has 0 unspecified atom stereocenters. The standard InChI is InChI=1S/C5H6/c1-2-5(1)3-4-5/h1-2H,3-4H2. The molecule has 0 aromatic carbocycles. The van der Waals surface area contributed by atoms with Crippen LogP contribution in [0.3, 0.4) is 0 Å². The number of rotatable bonds is 0. The van der Waals surface area contributed by atoms with Crippen molar-refractivity contribution in [3.8, 4) is 0 Å². The average Bonchev–Trinajstić information content (AvgIpc) is 2.17. The molecule has 0 nitrogen and oxygen atoms in total. The van der Waals surface area contributed by atoms with Gasteiger partial charge in [0.25, 0.3) is 0 Å². The molecule has 2 aliphatic rings. The Morgan fingerprint density at radius 3 is 1.80 bits per heavy atom. The molecule has 0 saturated heterocycles. The van der Waals surface area contributed by atoms with E-state index in [1.54, 1.807) is 0 Å². The first-order chi connectivity index (χ1) is 2.41. The second-order valence-corrected chi connectivity index (χ2v) is 2.07. The quantitative estimate of drug-likeness (QED) is 0.374. The molecule has 5 heavy (non-hydrogen) atoms. The third kappa shape index (κ3) is 0.119. The van der Waals surface area contributed by atoms with Crippen LogP contribution in [-0.2, 0) is 0 Å². The number of hydrogen-bond acceptors (Lipinski definition) is 0. The van der Waals surface area contributed by atoms with Crippen LogP contribution in [0.2, 0.25) is 0 Å². The van der Waals surface area contributed by atoms with Crippen molar-refractivity contribution < 1.29 is 0 Å². The molecule has 0 N–H and O–H groups in total. The molecule has 0 bridgehead atoms. The third-order valence-corrected chi connectivity index (χ3v) is 1.47.